The Morgan fingerprint density at radius 1 is 1.37 bits per heavy atom. The molecule has 1 N–H and O–H groups in total. The SMILES string of the molecule is Cc1c(-c2ccc(Cl)cn2)c(C(=O)N(C)C2CCNC2=O)n(C(C)C)c1C(F)(F)F. The molecule has 1 aliphatic rings. The molecule has 1 unspecified atom stereocenters. The van der Waals surface area contributed by atoms with E-state index in [1.54, 1.807) is 13.8 Å². The number of carbonyl (C=O) groups is 2. The molecule has 0 aromatic carbocycles. The highest BCUT2D eigenvalue weighted by Gasteiger charge is 2.43. The second kappa shape index (κ2) is 7.94. The lowest BCUT2D eigenvalue weighted by Crippen LogP contribution is -2.42. The van der Waals surface area contributed by atoms with Crippen molar-refractivity contribution in [1.82, 2.24) is 19.8 Å². The van der Waals surface area contributed by atoms with Crippen molar-refractivity contribution in [2.45, 2.75) is 45.5 Å². The highest BCUT2D eigenvalue weighted by molar-refractivity contribution is 6.30. The normalized spacial score (nSPS) is 16.8. The predicted octanol–water partition coefficient (Wildman–Crippen LogP) is 4.07. The van der Waals surface area contributed by atoms with Gasteiger partial charge in [0, 0.05) is 31.4 Å². The lowest BCUT2D eigenvalue weighted by atomic mass is 10.0. The number of nitrogens with one attached hydrogen (secondary N) is 1. The van der Waals surface area contributed by atoms with E-state index in [4.69, 9.17) is 11.6 Å². The van der Waals surface area contributed by atoms with Gasteiger partial charge in [-0.25, -0.2) is 0 Å². The van der Waals surface area contributed by atoms with Crippen molar-refractivity contribution >= 4 is 23.4 Å². The number of pyridine rings is 1. The van der Waals surface area contributed by atoms with Crippen LogP contribution < -0.4 is 5.32 Å². The molecule has 162 valence electrons. The van der Waals surface area contributed by atoms with E-state index in [-0.39, 0.29) is 28.4 Å². The average Bonchev–Trinajstić information content (AvgIpc) is 3.22. The Bertz CT molecular complexity index is 983. The minimum absolute atomic E-state index is 0.0861. The van der Waals surface area contributed by atoms with E-state index in [9.17, 15) is 22.8 Å². The van der Waals surface area contributed by atoms with E-state index in [1.807, 2.05) is 0 Å². The molecule has 2 amide bonds. The summed E-state index contributed by atoms with van der Waals surface area (Å²) in [5.41, 5.74) is -0.861. The molecule has 6 nitrogen and oxygen atoms in total. The minimum atomic E-state index is -4.68. The Hall–Kier alpha value is -2.55. The van der Waals surface area contributed by atoms with E-state index in [0.29, 0.717) is 18.0 Å². The van der Waals surface area contributed by atoms with Crippen LogP contribution >= 0.6 is 11.6 Å². The van der Waals surface area contributed by atoms with Crippen molar-refractivity contribution in [1.29, 1.82) is 0 Å². The highest BCUT2D eigenvalue weighted by Crippen LogP contribution is 2.42. The van der Waals surface area contributed by atoms with Gasteiger partial charge in [-0.05, 0) is 44.9 Å². The zero-order valence-corrected chi connectivity index (χ0v) is 17.7. The zero-order chi connectivity index (χ0) is 22.4. The molecular weight excluding hydrogens is 421 g/mol. The fourth-order valence-corrected chi connectivity index (χ4v) is 3.99. The minimum Gasteiger partial charge on any atom is -0.354 e. The third-order valence-electron chi connectivity index (χ3n) is 5.23. The molecule has 1 saturated heterocycles. The molecule has 0 aliphatic carbocycles. The summed E-state index contributed by atoms with van der Waals surface area (Å²) in [5, 5.41) is 2.96. The first-order valence-corrected chi connectivity index (χ1v) is 9.81. The molecule has 0 saturated carbocycles. The topological polar surface area (TPSA) is 67.2 Å². The van der Waals surface area contributed by atoms with Crippen LogP contribution in [0.2, 0.25) is 5.02 Å². The van der Waals surface area contributed by atoms with Gasteiger partial charge < -0.3 is 14.8 Å². The highest BCUT2D eigenvalue weighted by atomic mass is 35.5. The van der Waals surface area contributed by atoms with Crippen LogP contribution in [-0.2, 0) is 11.0 Å². The monoisotopic (exact) mass is 442 g/mol. The number of hydrogen-bond donors (Lipinski definition) is 1. The number of amides is 2. The third kappa shape index (κ3) is 3.78. The van der Waals surface area contributed by atoms with Crippen LogP contribution in [0.4, 0.5) is 13.2 Å². The van der Waals surface area contributed by atoms with Crippen LogP contribution in [0, 0.1) is 6.92 Å². The molecule has 1 aliphatic heterocycles. The summed E-state index contributed by atoms with van der Waals surface area (Å²) in [6, 6.07) is 1.58. The Morgan fingerprint density at radius 3 is 2.50 bits per heavy atom. The molecule has 3 rings (SSSR count). The number of nitrogens with zero attached hydrogens (tertiary/aromatic N) is 3. The van der Waals surface area contributed by atoms with Gasteiger partial charge in [-0.3, -0.25) is 14.6 Å². The first kappa shape index (κ1) is 22.1. The summed E-state index contributed by atoms with van der Waals surface area (Å²) in [4.78, 5) is 30.9. The van der Waals surface area contributed by atoms with Gasteiger partial charge in [0.1, 0.15) is 17.4 Å². The molecule has 1 fully saturated rings. The molecule has 2 aromatic rings. The first-order chi connectivity index (χ1) is 13.9. The maximum Gasteiger partial charge on any atom is 0.431 e. The Labute approximate surface area is 177 Å². The number of likely N-dealkylation sites (N-methyl/N-ethyl adjacent to an activating group) is 1. The molecule has 1 atom stereocenters. The van der Waals surface area contributed by atoms with Crippen LogP contribution in [0.25, 0.3) is 11.3 Å². The summed E-state index contributed by atoms with van der Waals surface area (Å²) in [5.74, 6) is -0.997. The van der Waals surface area contributed by atoms with Crippen molar-refractivity contribution in [3.63, 3.8) is 0 Å². The lowest BCUT2D eigenvalue weighted by Gasteiger charge is -2.25. The fraction of sp³-hybridized carbons (Fsp3) is 0.450. The van der Waals surface area contributed by atoms with Gasteiger partial charge in [0.25, 0.3) is 5.91 Å². The number of alkyl halides is 3. The summed E-state index contributed by atoms with van der Waals surface area (Å²) >= 11 is 5.89. The maximum atomic E-state index is 14.0. The predicted molar refractivity (Wildman–Crippen MR) is 106 cm³/mol. The summed E-state index contributed by atoms with van der Waals surface area (Å²) < 4.78 is 43.0. The average molecular weight is 443 g/mol. The van der Waals surface area contributed by atoms with Gasteiger partial charge in [-0.15, -0.1) is 0 Å². The number of rotatable bonds is 4. The quantitative estimate of drug-likeness (QED) is 0.776. The smallest absolute Gasteiger partial charge is 0.354 e. The largest absolute Gasteiger partial charge is 0.431 e. The van der Waals surface area contributed by atoms with Gasteiger partial charge in [0.2, 0.25) is 5.91 Å². The second-order valence-corrected chi connectivity index (χ2v) is 7.97. The van der Waals surface area contributed by atoms with E-state index in [2.05, 4.69) is 10.3 Å². The van der Waals surface area contributed by atoms with Crippen molar-refractivity contribution in [3.05, 3.63) is 40.3 Å². The van der Waals surface area contributed by atoms with Gasteiger partial charge in [-0.1, -0.05) is 11.6 Å². The molecule has 0 bridgehead atoms. The van der Waals surface area contributed by atoms with Crippen molar-refractivity contribution in [2.75, 3.05) is 13.6 Å². The molecule has 0 spiro atoms. The molecule has 10 heteroatoms. The Kier molecular flexibility index (Phi) is 5.86. The molecule has 30 heavy (non-hydrogen) atoms. The van der Waals surface area contributed by atoms with E-state index < -0.39 is 29.9 Å². The van der Waals surface area contributed by atoms with Crippen molar-refractivity contribution in [3.8, 4) is 11.3 Å². The molecule has 2 aromatic heterocycles. The second-order valence-electron chi connectivity index (χ2n) is 7.53. The van der Waals surface area contributed by atoms with Gasteiger partial charge in [-0.2, -0.15) is 13.2 Å². The summed E-state index contributed by atoms with van der Waals surface area (Å²) in [7, 11) is 1.43. The van der Waals surface area contributed by atoms with Crippen molar-refractivity contribution in [2.24, 2.45) is 0 Å². The third-order valence-corrected chi connectivity index (χ3v) is 5.45. The maximum absolute atomic E-state index is 14.0. The van der Waals surface area contributed by atoms with E-state index in [1.165, 1.54) is 37.2 Å². The van der Waals surface area contributed by atoms with Crippen LogP contribution in [0.1, 0.15) is 48.1 Å². The van der Waals surface area contributed by atoms with Crippen LogP contribution in [0.15, 0.2) is 18.3 Å². The Morgan fingerprint density at radius 2 is 2.03 bits per heavy atom. The van der Waals surface area contributed by atoms with Gasteiger partial charge in [0.05, 0.1) is 10.7 Å². The molecule has 0 radical (unpaired) electrons. The standard InChI is InChI=1S/C20H22ClF3N4O2/c1-10(2)28-16(19(30)27(4)14-7-8-25-18(14)29)15(11(3)17(28)20(22,23)24)13-6-5-12(21)9-26-13/h5-6,9-10,14H,7-8H2,1-4H3,(H,25,29). The summed E-state index contributed by atoms with van der Waals surface area (Å²) in [6.45, 7) is 4.89. The molecular formula is C20H22ClF3N4O2. The number of aromatic nitrogens is 2. The lowest BCUT2D eigenvalue weighted by molar-refractivity contribution is -0.144. The van der Waals surface area contributed by atoms with E-state index >= 15 is 0 Å². The fourth-order valence-electron chi connectivity index (χ4n) is 3.88. The van der Waals surface area contributed by atoms with Gasteiger partial charge >= 0.3 is 6.18 Å². The van der Waals surface area contributed by atoms with Gasteiger partial charge in [0.15, 0.2) is 0 Å². The van der Waals surface area contributed by atoms with Crippen LogP contribution in [0.3, 0.4) is 0 Å². The van der Waals surface area contributed by atoms with Crippen molar-refractivity contribution < 1.29 is 22.8 Å². The number of hydrogen-bond acceptors (Lipinski definition) is 3. The van der Waals surface area contributed by atoms with E-state index in [0.717, 1.165) is 4.57 Å². The number of carbonyl (C=O) groups excluding carboxylic acids is 2. The molecule has 3 heterocycles. The number of halogens is 4. The summed E-state index contributed by atoms with van der Waals surface area (Å²) in [6.07, 6.45) is -2.97. The zero-order valence-electron chi connectivity index (χ0n) is 17.0. The van der Waals surface area contributed by atoms with Crippen LogP contribution in [0.5, 0.6) is 0 Å². The van der Waals surface area contributed by atoms with Crippen LogP contribution in [-0.4, -0.2) is 45.9 Å². The Balaban J connectivity index is 2.29. The first-order valence-electron chi connectivity index (χ1n) is 9.43.